The molecule has 0 fully saturated rings. The molecule has 0 aliphatic heterocycles. The number of halogens is 2. The predicted octanol–water partition coefficient (Wildman–Crippen LogP) is 4.15. The highest BCUT2D eigenvalue weighted by Crippen LogP contribution is 2.18. The minimum absolute atomic E-state index is 0.139. The lowest BCUT2D eigenvalue weighted by Gasteiger charge is -2.20. The molecule has 0 saturated heterocycles. The Morgan fingerprint density at radius 1 is 0.929 bits per heavy atom. The molecule has 0 bridgehead atoms. The number of carbonyl (C=O) groups excluding carboxylic acids is 2. The number of rotatable bonds is 6. The van der Waals surface area contributed by atoms with Gasteiger partial charge in [0.25, 0.3) is 0 Å². The molecule has 0 unspecified atom stereocenters. The minimum Gasteiger partial charge on any atom is -0.333 e. The smallest absolute Gasteiger partial charge is 0.244 e. The molecule has 3 aromatic rings. The number of hydrogen-bond donors (Lipinski definition) is 1. The van der Waals surface area contributed by atoms with Crippen LogP contribution in [0.4, 0.5) is 14.5 Å². The third-order valence-electron chi connectivity index (χ3n) is 4.47. The van der Waals surface area contributed by atoms with Crippen molar-refractivity contribution in [3.63, 3.8) is 0 Å². The first-order chi connectivity index (χ1) is 13.5. The van der Waals surface area contributed by atoms with Crippen LogP contribution in [-0.2, 0) is 16.0 Å². The number of nitrogens with one attached hydrogen (secondary N) is 1. The van der Waals surface area contributed by atoms with E-state index in [9.17, 15) is 18.4 Å². The fourth-order valence-electron chi connectivity index (χ4n) is 2.98. The average molecular weight is 382 g/mol. The lowest BCUT2D eigenvalue weighted by atomic mass is 10.0. The summed E-state index contributed by atoms with van der Waals surface area (Å²) in [6, 6.07) is 16.9. The molecule has 2 amide bonds. The number of likely N-dealkylation sites (N-methyl/N-ethyl adjacent to an activating group) is 1. The molecule has 0 aliphatic carbocycles. The van der Waals surface area contributed by atoms with Crippen LogP contribution < -0.4 is 5.32 Å². The number of carbonyl (C=O) groups is 2. The zero-order valence-electron chi connectivity index (χ0n) is 15.4. The summed E-state index contributed by atoms with van der Waals surface area (Å²) in [6.07, 6.45) is 0.139. The molecular formula is C22H20F2N2O2. The molecule has 0 heterocycles. The Hall–Kier alpha value is -3.28. The van der Waals surface area contributed by atoms with Crippen LogP contribution in [-0.4, -0.2) is 29.8 Å². The van der Waals surface area contributed by atoms with Crippen LogP contribution in [0.3, 0.4) is 0 Å². The summed E-state index contributed by atoms with van der Waals surface area (Å²) in [5, 5.41) is 4.32. The Morgan fingerprint density at radius 3 is 2.29 bits per heavy atom. The highest BCUT2D eigenvalue weighted by Gasteiger charge is 2.18. The van der Waals surface area contributed by atoms with Crippen molar-refractivity contribution in [1.82, 2.24) is 4.90 Å². The van der Waals surface area contributed by atoms with Crippen molar-refractivity contribution in [2.75, 3.05) is 18.4 Å². The van der Waals surface area contributed by atoms with Gasteiger partial charge in [-0.15, -0.1) is 0 Å². The first-order valence-corrected chi connectivity index (χ1v) is 8.97. The van der Waals surface area contributed by atoms with Crippen LogP contribution in [0.2, 0.25) is 0 Å². The molecule has 6 heteroatoms. The van der Waals surface area contributed by atoms with Crippen molar-refractivity contribution in [2.24, 2.45) is 0 Å². The van der Waals surface area contributed by atoms with Crippen molar-refractivity contribution in [3.8, 4) is 0 Å². The number of para-hydroxylation sites is 1. The predicted molar refractivity (Wildman–Crippen MR) is 105 cm³/mol. The van der Waals surface area contributed by atoms with Gasteiger partial charge in [0.15, 0.2) is 0 Å². The quantitative estimate of drug-likeness (QED) is 0.696. The van der Waals surface area contributed by atoms with Gasteiger partial charge >= 0.3 is 0 Å². The van der Waals surface area contributed by atoms with Crippen LogP contribution in [0.1, 0.15) is 12.5 Å². The van der Waals surface area contributed by atoms with E-state index in [-0.39, 0.29) is 18.9 Å². The van der Waals surface area contributed by atoms with Gasteiger partial charge in [-0.3, -0.25) is 9.59 Å². The van der Waals surface area contributed by atoms with Gasteiger partial charge in [0.2, 0.25) is 11.8 Å². The van der Waals surface area contributed by atoms with E-state index >= 15 is 0 Å². The molecule has 1 N–H and O–H groups in total. The van der Waals surface area contributed by atoms with E-state index < -0.39 is 23.2 Å². The summed E-state index contributed by atoms with van der Waals surface area (Å²) in [4.78, 5) is 26.1. The average Bonchev–Trinajstić information content (AvgIpc) is 2.69. The van der Waals surface area contributed by atoms with E-state index in [0.717, 1.165) is 28.5 Å². The van der Waals surface area contributed by atoms with Crippen LogP contribution in [0.25, 0.3) is 10.8 Å². The molecule has 4 nitrogen and oxygen atoms in total. The molecule has 0 aliphatic rings. The zero-order valence-corrected chi connectivity index (χ0v) is 15.4. The zero-order chi connectivity index (χ0) is 20.1. The topological polar surface area (TPSA) is 49.4 Å². The van der Waals surface area contributed by atoms with E-state index in [0.29, 0.717) is 6.54 Å². The van der Waals surface area contributed by atoms with Crippen molar-refractivity contribution in [2.45, 2.75) is 13.3 Å². The Morgan fingerprint density at radius 2 is 1.61 bits per heavy atom. The Kier molecular flexibility index (Phi) is 5.99. The van der Waals surface area contributed by atoms with Gasteiger partial charge in [0.1, 0.15) is 17.3 Å². The second-order valence-corrected chi connectivity index (χ2v) is 6.41. The Labute approximate surface area is 161 Å². The minimum atomic E-state index is -0.862. The molecule has 0 atom stereocenters. The molecule has 3 aromatic carbocycles. The standard InChI is InChI=1S/C22H20F2N2O2/c1-2-26(14-20(27)25-22-18(23)8-5-9-19(22)24)21(28)13-15-10-11-16-6-3-4-7-17(16)12-15/h3-12H,2,13-14H2,1H3,(H,25,27). The molecule has 28 heavy (non-hydrogen) atoms. The molecule has 0 radical (unpaired) electrons. The molecule has 144 valence electrons. The van der Waals surface area contributed by atoms with Crippen LogP contribution >= 0.6 is 0 Å². The lowest BCUT2D eigenvalue weighted by Crippen LogP contribution is -2.38. The van der Waals surface area contributed by atoms with Gasteiger partial charge in [-0.05, 0) is 35.4 Å². The maximum atomic E-state index is 13.7. The van der Waals surface area contributed by atoms with E-state index in [1.165, 1.54) is 11.0 Å². The second kappa shape index (κ2) is 8.61. The maximum Gasteiger partial charge on any atom is 0.244 e. The summed E-state index contributed by atoms with van der Waals surface area (Å²) < 4.78 is 27.3. The van der Waals surface area contributed by atoms with E-state index in [2.05, 4.69) is 5.32 Å². The number of fused-ring (bicyclic) bond motifs is 1. The monoisotopic (exact) mass is 382 g/mol. The number of amides is 2. The highest BCUT2D eigenvalue weighted by molar-refractivity contribution is 5.95. The third-order valence-corrected chi connectivity index (χ3v) is 4.47. The van der Waals surface area contributed by atoms with Gasteiger partial charge in [-0.2, -0.15) is 0 Å². The highest BCUT2D eigenvalue weighted by atomic mass is 19.1. The van der Waals surface area contributed by atoms with Gasteiger partial charge in [0.05, 0.1) is 13.0 Å². The Bertz CT molecular complexity index is 1000. The largest absolute Gasteiger partial charge is 0.333 e. The van der Waals surface area contributed by atoms with Crippen LogP contribution in [0, 0.1) is 11.6 Å². The number of nitrogens with zero attached hydrogens (tertiary/aromatic N) is 1. The molecular weight excluding hydrogens is 362 g/mol. The third kappa shape index (κ3) is 4.52. The Balaban J connectivity index is 1.66. The van der Waals surface area contributed by atoms with Gasteiger partial charge < -0.3 is 10.2 Å². The summed E-state index contributed by atoms with van der Waals surface area (Å²) in [6.45, 7) is 1.77. The van der Waals surface area contributed by atoms with Gasteiger partial charge in [-0.25, -0.2) is 8.78 Å². The number of benzene rings is 3. The van der Waals surface area contributed by atoms with Crippen LogP contribution in [0.15, 0.2) is 60.7 Å². The molecule has 0 saturated carbocycles. The van der Waals surface area contributed by atoms with Gasteiger partial charge in [-0.1, -0.05) is 48.5 Å². The van der Waals surface area contributed by atoms with E-state index in [4.69, 9.17) is 0 Å². The van der Waals surface area contributed by atoms with E-state index in [1.807, 2.05) is 42.5 Å². The summed E-state index contributed by atoms with van der Waals surface area (Å²) in [7, 11) is 0. The summed E-state index contributed by atoms with van der Waals surface area (Å²) in [5.41, 5.74) is 0.327. The lowest BCUT2D eigenvalue weighted by molar-refractivity contribution is -0.133. The molecule has 0 spiro atoms. The van der Waals surface area contributed by atoms with Crippen LogP contribution in [0.5, 0.6) is 0 Å². The number of hydrogen-bond acceptors (Lipinski definition) is 2. The fourth-order valence-corrected chi connectivity index (χ4v) is 2.98. The molecule has 3 rings (SSSR count). The second-order valence-electron chi connectivity index (χ2n) is 6.41. The summed E-state index contributed by atoms with van der Waals surface area (Å²) in [5.74, 6) is -2.61. The fraction of sp³-hybridized carbons (Fsp3) is 0.182. The van der Waals surface area contributed by atoms with Crippen molar-refractivity contribution in [3.05, 3.63) is 77.9 Å². The summed E-state index contributed by atoms with van der Waals surface area (Å²) >= 11 is 0. The maximum absolute atomic E-state index is 13.7. The van der Waals surface area contributed by atoms with Crippen molar-refractivity contribution < 1.29 is 18.4 Å². The van der Waals surface area contributed by atoms with Gasteiger partial charge in [0, 0.05) is 6.54 Å². The van der Waals surface area contributed by atoms with Crippen molar-refractivity contribution >= 4 is 28.3 Å². The SMILES string of the molecule is CCN(CC(=O)Nc1c(F)cccc1F)C(=O)Cc1ccc2ccccc2c1. The van der Waals surface area contributed by atoms with E-state index in [1.54, 1.807) is 6.92 Å². The normalized spacial score (nSPS) is 10.7. The van der Waals surface area contributed by atoms with Crippen molar-refractivity contribution in [1.29, 1.82) is 0 Å². The first-order valence-electron chi connectivity index (χ1n) is 8.97. The molecule has 0 aromatic heterocycles. The number of anilines is 1. The first kappa shape index (κ1) is 19.5.